The van der Waals surface area contributed by atoms with Crippen LogP contribution in [-0.4, -0.2) is 54.8 Å². The Balaban J connectivity index is 1.54. The summed E-state index contributed by atoms with van der Waals surface area (Å²) in [5.41, 5.74) is 1.59. The number of rotatable bonds is 7. The van der Waals surface area contributed by atoms with E-state index in [1.54, 1.807) is 31.4 Å². The Morgan fingerprint density at radius 2 is 1.73 bits per heavy atom. The van der Waals surface area contributed by atoms with Gasteiger partial charge in [0.2, 0.25) is 0 Å². The first-order valence-electron chi connectivity index (χ1n) is 10.2. The molecule has 2 aromatic carbocycles. The highest BCUT2D eigenvalue weighted by Crippen LogP contribution is 2.31. The number of piperidine rings is 3. The molecule has 5 rings (SSSR count). The molecular formula is C23H26N2O5. The minimum atomic E-state index is -0.991. The lowest BCUT2D eigenvalue weighted by Crippen LogP contribution is -2.52. The third-order valence-corrected chi connectivity index (χ3v) is 5.99. The van der Waals surface area contributed by atoms with Crippen molar-refractivity contribution in [2.45, 2.75) is 25.0 Å². The maximum Gasteiger partial charge on any atom is 0.335 e. The van der Waals surface area contributed by atoms with Crippen molar-refractivity contribution in [3.63, 3.8) is 0 Å². The summed E-state index contributed by atoms with van der Waals surface area (Å²) in [4.78, 5) is 26.6. The van der Waals surface area contributed by atoms with Crippen molar-refractivity contribution >= 4 is 17.6 Å². The maximum atomic E-state index is 13.2. The van der Waals surface area contributed by atoms with Crippen molar-refractivity contribution in [2.24, 2.45) is 5.92 Å². The number of methoxy groups -OCH3 is 1. The SMILES string of the molecule is COc1ccc(C(Nc2ccc(C(=O)O)cc2)C(=O)O[C@H]2CN3CCC2CC3)cc1. The molecule has 3 aliphatic heterocycles. The number of aromatic carboxylic acids is 1. The van der Waals surface area contributed by atoms with Crippen molar-refractivity contribution in [1.82, 2.24) is 4.90 Å². The van der Waals surface area contributed by atoms with Gasteiger partial charge in [-0.3, -0.25) is 4.90 Å². The van der Waals surface area contributed by atoms with Crippen molar-refractivity contribution < 1.29 is 24.2 Å². The minimum absolute atomic E-state index is 0.0862. The second kappa shape index (κ2) is 8.75. The van der Waals surface area contributed by atoms with Crippen LogP contribution < -0.4 is 10.1 Å². The molecule has 7 heteroatoms. The molecule has 3 fully saturated rings. The molecule has 1 unspecified atom stereocenters. The summed E-state index contributed by atoms with van der Waals surface area (Å²) in [6, 6.07) is 12.9. The third kappa shape index (κ3) is 4.41. The van der Waals surface area contributed by atoms with Crippen LogP contribution in [0.5, 0.6) is 5.75 Å². The standard InChI is InChI=1S/C23H26N2O5/c1-29-19-8-4-16(5-9-19)21(24-18-6-2-17(3-7-18)22(26)27)23(28)30-20-14-25-12-10-15(20)11-13-25/h2-9,15,20-21,24H,10-14H2,1H3,(H,26,27)/t20-,21?/m0/s1. The zero-order valence-corrected chi connectivity index (χ0v) is 16.9. The topological polar surface area (TPSA) is 88.1 Å². The summed E-state index contributed by atoms with van der Waals surface area (Å²) in [5, 5.41) is 12.3. The monoisotopic (exact) mass is 410 g/mol. The molecule has 2 atom stereocenters. The second-order valence-electron chi connectivity index (χ2n) is 7.85. The molecule has 7 nitrogen and oxygen atoms in total. The van der Waals surface area contributed by atoms with E-state index in [4.69, 9.17) is 14.6 Å². The van der Waals surface area contributed by atoms with Gasteiger partial charge in [0.25, 0.3) is 0 Å². The maximum absolute atomic E-state index is 13.2. The number of carboxylic acids is 1. The van der Waals surface area contributed by atoms with E-state index in [1.165, 1.54) is 12.1 Å². The van der Waals surface area contributed by atoms with Crippen LogP contribution in [0.25, 0.3) is 0 Å². The number of carbonyl (C=O) groups is 2. The molecule has 2 bridgehead atoms. The largest absolute Gasteiger partial charge is 0.497 e. The molecule has 2 aromatic rings. The molecule has 0 radical (unpaired) electrons. The number of ether oxygens (including phenoxy) is 2. The first-order chi connectivity index (χ1) is 14.5. The lowest BCUT2D eigenvalue weighted by Gasteiger charge is -2.44. The fourth-order valence-corrected chi connectivity index (χ4v) is 4.21. The fourth-order valence-electron chi connectivity index (χ4n) is 4.21. The molecule has 3 saturated heterocycles. The summed E-state index contributed by atoms with van der Waals surface area (Å²) in [6.45, 7) is 2.95. The van der Waals surface area contributed by atoms with Gasteiger partial charge in [-0.15, -0.1) is 0 Å². The Labute approximate surface area is 175 Å². The van der Waals surface area contributed by atoms with Gasteiger partial charge in [0, 0.05) is 12.2 Å². The Kier molecular flexibility index (Phi) is 5.90. The van der Waals surface area contributed by atoms with Crippen LogP contribution in [0.3, 0.4) is 0 Å². The summed E-state index contributed by atoms with van der Waals surface area (Å²) in [5.74, 6) is -0.198. The predicted molar refractivity (Wildman–Crippen MR) is 112 cm³/mol. The Morgan fingerprint density at radius 1 is 1.07 bits per heavy atom. The molecule has 158 valence electrons. The van der Waals surface area contributed by atoms with Crippen molar-refractivity contribution in [3.05, 3.63) is 59.7 Å². The highest BCUT2D eigenvalue weighted by molar-refractivity contribution is 5.88. The average Bonchev–Trinajstić information content (AvgIpc) is 2.78. The van der Waals surface area contributed by atoms with Crippen LogP contribution >= 0.6 is 0 Å². The van der Waals surface area contributed by atoms with Crippen molar-refractivity contribution in [3.8, 4) is 5.75 Å². The molecule has 0 aliphatic carbocycles. The van der Waals surface area contributed by atoms with Crippen LogP contribution in [0.4, 0.5) is 5.69 Å². The molecular weight excluding hydrogens is 384 g/mol. The molecule has 3 aliphatic rings. The third-order valence-electron chi connectivity index (χ3n) is 5.99. The zero-order chi connectivity index (χ0) is 21.1. The number of esters is 1. The van der Waals surface area contributed by atoms with E-state index < -0.39 is 12.0 Å². The number of anilines is 1. The van der Waals surface area contributed by atoms with Gasteiger partial charge in [-0.1, -0.05) is 12.1 Å². The highest BCUT2D eigenvalue weighted by atomic mass is 16.5. The van der Waals surface area contributed by atoms with Gasteiger partial charge in [-0.2, -0.15) is 0 Å². The van der Waals surface area contributed by atoms with Gasteiger partial charge >= 0.3 is 11.9 Å². The molecule has 2 N–H and O–H groups in total. The van der Waals surface area contributed by atoms with Gasteiger partial charge in [0.15, 0.2) is 6.04 Å². The zero-order valence-electron chi connectivity index (χ0n) is 16.9. The Morgan fingerprint density at radius 3 is 2.27 bits per heavy atom. The fraction of sp³-hybridized carbons (Fsp3) is 0.391. The van der Waals surface area contributed by atoms with E-state index in [0.717, 1.165) is 38.0 Å². The Hall–Kier alpha value is -3.06. The number of fused-ring (bicyclic) bond motifs is 3. The summed E-state index contributed by atoms with van der Waals surface area (Å²) < 4.78 is 11.2. The van der Waals surface area contributed by atoms with Gasteiger partial charge in [0.05, 0.1) is 12.7 Å². The van der Waals surface area contributed by atoms with Crippen molar-refractivity contribution in [2.75, 3.05) is 32.1 Å². The molecule has 3 heterocycles. The summed E-state index contributed by atoms with van der Waals surface area (Å²) in [6.07, 6.45) is 2.04. The number of hydrogen-bond acceptors (Lipinski definition) is 6. The first kappa shape index (κ1) is 20.2. The van der Waals surface area contributed by atoms with E-state index in [9.17, 15) is 9.59 Å². The normalized spacial score (nSPS) is 23.4. The number of benzene rings is 2. The number of carboxylic acid groups (broad SMARTS) is 1. The summed E-state index contributed by atoms with van der Waals surface area (Å²) in [7, 11) is 1.59. The van der Waals surface area contributed by atoms with Crippen LogP contribution in [0, 0.1) is 5.92 Å². The number of carbonyl (C=O) groups excluding carboxylic acids is 1. The van der Waals surface area contributed by atoms with Gasteiger partial charge < -0.3 is 19.9 Å². The molecule has 0 amide bonds. The van der Waals surface area contributed by atoms with Crippen LogP contribution in [0.2, 0.25) is 0 Å². The van der Waals surface area contributed by atoms with E-state index in [2.05, 4.69) is 10.2 Å². The van der Waals surface area contributed by atoms with Crippen LogP contribution in [0.15, 0.2) is 48.5 Å². The van der Waals surface area contributed by atoms with E-state index in [0.29, 0.717) is 17.4 Å². The summed E-state index contributed by atoms with van der Waals surface area (Å²) >= 11 is 0. The van der Waals surface area contributed by atoms with Crippen LogP contribution in [0.1, 0.15) is 34.8 Å². The smallest absolute Gasteiger partial charge is 0.335 e. The number of hydrogen-bond donors (Lipinski definition) is 2. The lowest BCUT2D eigenvalue weighted by atomic mass is 9.86. The van der Waals surface area contributed by atoms with E-state index in [1.807, 2.05) is 12.1 Å². The quantitative estimate of drug-likeness (QED) is 0.678. The molecule has 0 spiro atoms. The van der Waals surface area contributed by atoms with Crippen molar-refractivity contribution in [1.29, 1.82) is 0 Å². The average molecular weight is 410 g/mol. The van der Waals surface area contributed by atoms with Crippen LogP contribution in [-0.2, 0) is 9.53 Å². The van der Waals surface area contributed by atoms with E-state index >= 15 is 0 Å². The van der Waals surface area contributed by atoms with Gasteiger partial charge in [0.1, 0.15) is 11.9 Å². The molecule has 0 saturated carbocycles. The van der Waals surface area contributed by atoms with Gasteiger partial charge in [-0.25, -0.2) is 9.59 Å². The molecule has 0 aromatic heterocycles. The lowest BCUT2D eigenvalue weighted by molar-refractivity contribution is -0.159. The first-order valence-corrected chi connectivity index (χ1v) is 10.2. The Bertz CT molecular complexity index is 889. The highest BCUT2D eigenvalue weighted by Gasteiger charge is 2.38. The predicted octanol–water partition coefficient (Wildman–Crippen LogP) is 3.18. The number of nitrogens with zero attached hydrogens (tertiary/aromatic N) is 1. The van der Waals surface area contributed by atoms with Gasteiger partial charge in [-0.05, 0) is 73.8 Å². The van der Waals surface area contributed by atoms with E-state index in [-0.39, 0.29) is 17.6 Å². The number of nitrogens with one attached hydrogen (secondary N) is 1. The second-order valence-corrected chi connectivity index (χ2v) is 7.85. The molecule has 30 heavy (non-hydrogen) atoms. The minimum Gasteiger partial charge on any atom is -0.497 e.